The molecule has 1 aromatic heterocycles. The number of hydrogen-bond acceptors (Lipinski definition) is 3. The highest BCUT2D eigenvalue weighted by atomic mass is 16.2. The average molecular weight is 401 g/mol. The fourth-order valence-electron chi connectivity index (χ4n) is 4.59. The second-order valence-corrected chi connectivity index (χ2v) is 8.22. The molecule has 30 heavy (non-hydrogen) atoms. The Hall–Kier alpha value is -3.08. The topological polar surface area (TPSA) is 39.7 Å². The summed E-state index contributed by atoms with van der Waals surface area (Å²) < 4.78 is 0. The minimum Gasteiger partial charge on any atom is -0.353 e. The van der Waals surface area contributed by atoms with Gasteiger partial charge in [-0.05, 0) is 42.5 Å². The van der Waals surface area contributed by atoms with E-state index in [9.17, 15) is 4.79 Å². The van der Waals surface area contributed by atoms with E-state index in [0.717, 1.165) is 63.4 Å². The van der Waals surface area contributed by atoms with Crippen LogP contribution in [0.4, 0.5) is 10.6 Å². The highest BCUT2D eigenvalue weighted by Crippen LogP contribution is 2.31. The molecule has 5 nitrogen and oxygen atoms in total. The van der Waals surface area contributed by atoms with Crippen LogP contribution in [0.3, 0.4) is 0 Å². The van der Waals surface area contributed by atoms with E-state index in [2.05, 4.69) is 53.4 Å². The molecule has 0 N–H and O–H groups in total. The summed E-state index contributed by atoms with van der Waals surface area (Å²) in [5.41, 5.74) is 3.43. The number of urea groups is 1. The van der Waals surface area contributed by atoms with Gasteiger partial charge in [0.1, 0.15) is 5.82 Å². The summed E-state index contributed by atoms with van der Waals surface area (Å²) in [5, 5.41) is 1.17. The van der Waals surface area contributed by atoms with Crippen molar-refractivity contribution in [1.29, 1.82) is 0 Å². The van der Waals surface area contributed by atoms with Crippen LogP contribution in [0.15, 0.2) is 60.7 Å². The van der Waals surface area contributed by atoms with E-state index in [1.54, 1.807) is 0 Å². The molecule has 154 valence electrons. The van der Waals surface area contributed by atoms with Crippen molar-refractivity contribution in [2.24, 2.45) is 0 Å². The number of piperidine rings is 1. The predicted octanol–water partition coefficient (Wildman–Crippen LogP) is 4.63. The lowest BCUT2D eigenvalue weighted by Crippen LogP contribution is -2.53. The summed E-state index contributed by atoms with van der Waals surface area (Å²) in [6.07, 6.45) is 3.51. The van der Waals surface area contributed by atoms with Crippen molar-refractivity contribution in [3.8, 4) is 11.1 Å². The molecular formula is C25H28N4O. The standard InChI is InChI=1S/C25H28N4O/c30-25(28-13-7-2-8-14-28)29-17-15-27(16-18-29)24-19-22(20-9-3-1-4-10-20)21-11-5-6-12-23(21)26-24/h1,3-6,9-12,19H,2,7-8,13-18H2. The molecule has 5 rings (SSSR count). The number of hydrogen-bond donors (Lipinski definition) is 0. The third kappa shape index (κ3) is 3.72. The van der Waals surface area contributed by atoms with E-state index in [1.807, 2.05) is 21.9 Å². The number of anilines is 1. The Kier molecular flexibility index (Phi) is 5.26. The number of benzene rings is 2. The van der Waals surface area contributed by atoms with E-state index in [1.165, 1.54) is 22.9 Å². The summed E-state index contributed by atoms with van der Waals surface area (Å²) in [5.74, 6) is 0.998. The zero-order chi connectivity index (χ0) is 20.3. The number of pyridine rings is 1. The van der Waals surface area contributed by atoms with E-state index < -0.39 is 0 Å². The molecule has 5 heteroatoms. The number of aromatic nitrogens is 1. The molecule has 0 atom stereocenters. The van der Waals surface area contributed by atoms with Crippen molar-refractivity contribution >= 4 is 22.8 Å². The summed E-state index contributed by atoms with van der Waals surface area (Å²) >= 11 is 0. The number of para-hydroxylation sites is 1. The molecule has 0 saturated carbocycles. The Balaban J connectivity index is 1.38. The predicted molar refractivity (Wildman–Crippen MR) is 122 cm³/mol. The number of carbonyl (C=O) groups is 1. The largest absolute Gasteiger partial charge is 0.353 e. The van der Waals surface area contributed by atoms with Crippen molar-refractivity contribution in [2.75, 3.05) is 44.2 Å². The Morgan fingerprint density at radius 2 is 1.40 bits per heavy atom. The van der Waals surface area contributed by atoms with E-state index in [-0.39, 0.29) is 6.03 Å². The zero-order valence-corrected chi connectivity index (χ0v) is 17.3. The lowest BCUT2D eigenvalue weighted by molar-refractivity contribution is 0.141. The molecule has 2 aliphatic heterocycles. The van der Waals surface area contributed by atoms with Crippen LogP contribution in [-0.4, -0.2) is 60.1 Å². The number of likely N-dealkylation sites (tertiary alicyclic amines) is 1. The molecular weight excluding hydrogens is 372 g/mol. The summed E-state index contributed by atoms with van der Waals surface area (Å²) in [4.78, 5) is 24.1. The molecule has 2 aliphatic rings. The number of fused-ring (bicyclic) bond motifs is 1. The third-order valence-electron chi connectivity index (χ3n) is 6.29. The first-order valence-corrected chi connectivity index (χ1v) is 11.0. The average Bonchev–Trinajstić information content (AvgIpc) is 2.84. The molecule has 0 radical (unpaired) electrons. The number of amides is 2. The Labute approximate surface area is 177 Å². The minimum atomic E-state index is 0.214. The van der Waals surface area contributed by atoms with Gasteiger partial charge in [-0.3, -0.25) is 0 Å². The second kappa shape index (κ2) is 8.34. The Bertz CT molecular complexity index is 1020. The van der Waals surface area contributed by atoms with Crippen LogP contribution in [0, 0.1) is 0 Å². The molecule has 2 amide bonds. The molecule has 0 unspecified atom stereocenters. The first-order valence-electron chi connectivity index (χ1n) is 11.0. The van der Waals surface area contributed by atoms with Gasteiger partial charge in [-0.15, -0.1) is 0 Å². The lowest BCUT2D eigenvalue weighted by Gasteiger charge is -2.39. The quantitative estimate of drug-likeness (QED) is 0.630. The molecule has 0 spiro atoms. The maximum atomic E-state index is 12.8. The fraction of sp³-hybridized carbons (Fsp3) is 0.360. The summed E-state index contributed by atoms with van der Waals surface area (Å²) in [6.45, 7) is 4.96. The number of carbonyl (C=O) groups excluding carboxylic acids is 1. The molecule has 3 heterocycles. The highest BCUT2D eigenvalue weighted by Gasteiger charge is 2.27. The van der Waals surface area contributed by atoms with E-state index >= 15 is 0 Å². The normalized spacial score (nSPS) is 17.4. The van der Waals surface area contributed by atoms with Crippen LogP contribution in [0.2, 0.25) is 0 Å². The van der Waals surface area contributed by atoms with Crippen LogP contribution >= 0.6 is 0 Å². The van der Waals surface area contributed by atoms with Gasteiger partial charge in [0.05, 0.1) is 5.52 Å². The van der Waals surface area contributed by atoms with E-state index in [0.29, 0.717) is 0 Å². The molecule has 2 saturated heterocycles. The lowest BCUT2D eigenvalue weighted by atomic mass is 10.0. The van der Waals surface area contributed by atoms with Gasteiger partial charge in [0.15, 0.2) is 0 Å². The Morgan fingerprint density at radius 3 is 2.17 bits per heavy atom. The highest BCUT2D eigenvalue weighted by molar-refractivity contribution is 5.96. The maximum absolute atomic E-state index is 12.8. The van der Waals surface area contributed by atoms with Gasteiger partial charge >= 0.3 is 6.03 Å². The summed E-state index contributed by atoms with van der Waals surface area (Å²) in [6, 6.07) is 21.3. The second-order valence-electron chi connectivity index (χ2n) is 8.22. The molecule has 2 fully saturated rings. The van der Waals surface area contributed by atoms with Crippen LogP contribution < -0.4 is 4.90 Å². The van der Waals surface area contributed by atoms with Gasteiger partial charge in [-0.2, -0.15) is 0 Å². The van der Waals surface area contributed by atoms with Gasteiger partial charge in [0.2, 0.25) is 0 Å². The first-order chi connectivity index (χ1) is 14.8. The number of rotatable bonds is 2. The third-order valence-corrected chi connectivity index (χ3v) is 6.29. The SMILES string of the molecule is O=C(N1CCCCC1)N1CCN(c2cc(-c3ccccc3)c3ccccc3n2)CC1. The van der Waals surface area contributed by atoms with Gasteiger partial charge in [0, 0.05) is 44.7 Å². The van der Waals surface area contributed by atoms with E-state index in [4.69, 9.17) is 4.98 Å². The number of nitrogens with zero attached hydrogens (tertiary/aromatic N) is 4. The molecule has 2 aromatic carbocycles. The maximum Gasteiger partial charge on any atom is 0.320 e. The van der Waals surface area contributed by atoms with Crippen LogP contribution in [0.5, 0.6) is 0 Å². The van der Waals surface area contributed by atoms with Gasteiger partial charge in [0.25, 0.3) is 0 Å². The molecule has 0 bridgehead atoms. The van der Waals surface area contributed by atoms with Gasteiger partial charge in [-0.1, -0.05) is 48.5 Å². The fourth-order valence-corrected chi connectivity index (χ4v) is 4.59. The zero-order valence-electron chi connectivity index (χ0n) is 17.3. The Morgan fingerprint density at radius 1 is 0.733 bits per heavy atom. The van der Waals surface area contributed by atoms with Crippen LogP contribution in [0.25, 0.3) is 22.0 Å². The minimum absolute atomic E-state index is 0.214. The monoisotopic (exact) mass is 400 g/mol. The van der Waals surface area contributed by atoms with Crippen molar-refractivity contribution in [2.45, 2.75) is 19.3 Å². The van der Waals surface area contributed by atoms with Crippen molar-refractivity contribution < 1.29 is 4.79 Å². The van der Waals surface area contributed by atoms with Gasteiger partial charge in [-0.25, -0.2) is 9.78 Å². The first kappa shape index (κ1) is 18.9. The smallest absolute Gasteiger partial charge is 0.320 e. The van der Waals surface area contributed by atoms with Crippen molar-refractivity contribution in [3.05, 3.63) is 60.7 Å². The van der Waals surface area contributed by atoms with Crippen molar-refractivity contribution in [1.82, 2.24) is 14.8 Å². The summed E-state index contributed by atoms with van der Waals surface area (Å²) in [7, 11) is 0. The van der Waals surface area contributed by atoms with Crippen molar-refractivity contribution in [3.63, 3.8) is 0 Å². The van der Waals surface area contributed by atoms with Crippen LogP contribution in [-0.2, 0) is 0 Å². The number of piperazine rings is 1. The van der Waals surface area contributed by atoms with Crippen LogP contribution in [0.1, 0.15) is 19.3 Å². The molecule has 3 aromatic rings. The van der Waals surface area contributed by atoms with Gasteiger partial charge < -0.3 is 14.7 Å². The molecule has 0 aliphatic carbocycles.